The van der Waals surface area contributed by atoms with Gasteiger partial charge >= 0.3 is 0 Å². The fraction of sp³-hybridized carbons (Fsp3) is 0.615. The van der Waals surface area contributed by atoms with Gasteiger partial charge in [0.15, 0.2) is 9.84 Å². The molecule has 1 aromatic heterocycles. The van der Waals surface area contributed by atoms with Crippen LogP contribution < -0.4 is 5.32 Å². The van der Waals surface area contributed by atoms with Crippen LogP contribution in [0.25, 0.3) is 0 Å². The third-order valence-electron chi connectivity index (χ3n) is 2.73. The highest BCUT2D eigenvalue weighted by Crippen LogP contribution is 2.15. The van der Waals surface area contributed by atoms with Gasteiger partial charge in [0.25, 0.3) is 0 Å². The average molecular weight is 270 g/mol. The standard InChI is InChI=1S/C13H22N2O2S/c1-11-6-5-7-12(15-11)10-14-8-9-18(16,17)13(2,3)4/h5-7,14H,8-10H2,1-4H3. The van der Waals surface area contributed by atoms with Crippen LogP contribution in [0.2, 0.25) is 0 Å². The molecule has 1 heterocycles. The maximum Gasteiger partial charge on any atom is 0.156 e. The topological polar surface area (TPSA) is 59.1 Å². The second-order valence-electron chi connectivity index (χ2n) is 5.38. The van der Waals surface area contributed by atoms with Crippen molar-refractivity contribution in [1.29, 1.82) is 0 Å². The quantitative estimate of drug-likeness (QED) is 0.827. The van der Waals surface area contributed by atoms with Gasteiger partial charge in [-0.05, 0) is 39.8 Å². The van der Waals surface area contributed by atoms with Crippen molar-refractivity contribution in [3.8, 4) is 0 Å². The van der Waals surface area contributed by atoms with Crippen molar-refractivity contribution in [2.75, 3.05) is 12.3 Å². The van der Waals surface area contributed by atoms with Crippen molar-refractivity contribution < 1.29 is 8.42 Å². The van der Waals surface area contributed by atoms with E-state index in [0.29, 0.717) is 13.1 Å². The average Bonchev–Trinajstić information content (AvgIpc) is 2.23. The van der Waals surface area contributed by atoms with E-state index in [0.717, 1.165) is 11.4 Å². The minimum Gasteiger partial charge on any atom is -0.310 e. The van der Waals surface area contributed by atoms with Crippen molar-refractivity contribution in [3.63, 3.8) is 0 Å². The molecule has 0 aliphatic carbocycles. The Morgan fingerprint density at radius 3 is 2.50 bits per heavy atom. The highest BCUT2D eigenvalue weighted by molar-refractivity contribution is 7.92. The number of nitrogens with one attached hydrogen (secondary N) is 1. The smallest absolute Gasteiger partial charge is 0.156 e. The van der Waals surface area contributed by atoms with Gasteiger partial charge in [0, 0.05) is 18.8 Å². The lowest BCUT2D eigenvalue weighted by atomic mass is 10.3. The fourth-order valence-electron chi connectivity index (χ4n) is 1.43. The number of hydrogen-bond acceptors (Lipinski definition) is 4. The fourth-order valence-corrected chi connectivity index (χ4v) is 2.45. The summed E-state index contributed by atoms with van der Waals surface area (Å²) in [4.78, 5) is 4.34. The van der Waals surface area contributed by atoms with Gasteiger partial charge in [-0.1, -0.05) is 6.07 Å². The Hall–Kier alpha value is -0.940. The lowest BCUT2D eigenvalue weighted by Crippen LogP contribution is -2.34. The van der Waals surface area contributed by atoms with E-state index in [4.69, 9.17) is 0 Å². The van der Waals surface area contributed by atoms with Gasteiger partial charge in [0.2, 0.25) is 0 Å². The SMILES string of the molecule is Cc1cccc(CNCCS(=O)(=O)C(C)(C)C)n1. The molecule has 1 rings (SSSR count). The van der Waals surface area contributed by atoms with Crippen LogP contribution in [-0.2, 0) is 16.4 Å². The molecular formula is C13H22N2O2S. The Bertz CT molecular complexity index is 490. The van der Waals surface area contributed by atoms with E-state index in [1.54, 1.807) is 20.8 Å². The van der Waals surface area contributed by atoms with Crippen LogP contribution in [0.1, 0.15) is 32.2 Å². The zero-order valence-electron chi connectivity index (χ0n) is 11.5. The van der Waals surface area contributed by atoms with E-state index in [2.05, 4.69) is 10.3 Å². The number of hydrogen-bond donors (Lipinski definition) is 1. The largest absolute Gasteiger partial charge is 0.310 e. The molecule has 0 aliphatic heterocycles. The zero-order valence-corrected chi connectivity index (χ0v) is 12.3. The number of rotatable bonds is 5. The summed E-state index contributed by atoms with van der Waals surface area (Å²) < 4.78 is 23.0. The summed E-state index contributed by atoms with van der Waals surface area (Å²) in [7, 11) is -3.04. The monoisotopic (exact) mass is 270 g/mol. The predicted molar refractivity (Wildman–Crippen MR) is 74.2 cm³/mol. The van der Waals surface area contributed by atoms with Crippen molar-refractivity contribution in [1.82, 2.24) is 10.3 Å². The van der Waals surface area contributed by atoms with E-state index >= 15 is 0 Å². The molecule has 0 atom stereocenters. The molecule has 0 bridgehead atoms. The van der Waals surface area contributed by atoms with Crippen LogP contribution in [0.3, 0.4) is 0 Å². The van der Waals surface area contributed by atoms with Gasteiger partial charge in [-0.2, -0.15) is 0 Å². The maximum absolute atomic E-state index is 11.9. The van der Waals surface area contributed by atoms with Crippen LogP contribution >= 0.6 is 0 Å². The van der Waals surface area contributed by atoms with Crippen molar-refractivity contribution in [3.05, 3.63) is 29.6 Å². The summed E-state index contributed by atoms with van der Waals surface area (Å²) in [6.07, 6.45) is 0. The molecule has 0 radical (unpaired) electrons. The Morgan fingerprint density at radius 1 is 1.28 bits per heavy atom. The van der Waals surface area contributed by atoms with Crippen molar-refractivity contribution in [2.24, 2.45) is 0 Å². The maximum atomic E-state index is 11.9. The highest BCUT2D eigenvalue weighted by Gasteiger charge is 2.27. The summed E-state index contributed by atoms with van der Waals surface area (Å²) in [6.45, 7) is 8.17. The van der Waals surface area contributed by atoms with Crippen LogP contribution in [0.15, 0.2) is 18.2 Å². The summed E-state index contributed by atoms with van der Waals surface area (Å²) in [6, 6.07) is 5.82. The van der Waals surface area contributed by atoms with E-state index < -0.39 is 14.6 Å². The number of nitrogens with zero attached hydrogens (tertiary/aromatic N) is 1. The molecule has 0 spiro atoms. The van der Waals surface area contributed by atoms with Crippen molar-refractivity contribution >= 4 is 9.84 Å². The molecule has 1 N–H and O–H groups in total. The Labute approximate surface area is 110 Å². The van der Waals surface area contributed by atoms with Gasteiger partial charge in [-0.25, -0.2) is 8.42 Å². The van der Waals surface area contributed by atoms with Gasteiger partial charge in [-0.3, -0.25) is 4.98 Å². The minimum atomic E-state index is -3.04. The van der Waals surface area contributed by atoms with Crippen LogP contribution in [0, 0.1) is 6.92 Å². The molecule has 0 unspecified atom stereocenters. The lowest BCUT2D eigenvalue weighted by molar-refractivity contribution is 0.555. The third-order valence-corrected chi connectivity index (χ3v) is 5.34. The van der Waals surface area contributed by atoms with E-state index in [9.17, 15) is 8.42 Å². The van der Waals surface area contributed by atoms with E-state index in [1.807, 2.05) is 25.1 Å². The summed E-state index contributed by atoms with van der Waals surface area (Å²) in [5.41, 5.74) is 1.90. The number of sulfone groups is 1. The Kier molecular flexibility index (Phi) is 4.87. The van der Waals surface area contributed by atoms with Gasteiger partial charge in [0.05, 0.1) is 16.2 Å². The minimum absolute atomic E-state index is 0.155. The summed E-state index contributed by atoms with van der Waals surface area (Å²) >= 11 is 0. The third kappa shape index (κ3) is 4.38. The first-order valence-electron chi connectivity index (χ1n) is 6.08. The predicted octanol–water partition coefficient (Wildman–Crippen LogP) is 1.69. The molecule has 0 amide bonds. The first-order valence-corrected chi connectivity index (χ1v) is 7.73. The zero-order chi connectivity index (χ0) is 13.8. The Morgan fingerprint density at radius 2 is 1.94 bits per heavy atom. The lowest BCUT2D eigenvalue weighted by Gasteiger charge is -2.19. The van der Waals surface area contributed by atoms with E-state index in [-0.39, 0.29) is 5.75 Å². The van der Waals surface area contributed by atoms with Gasteiger partial charge in [0.1, 0.15) is 0 Å². The first-order chi connectivity index (χ1) is 8.22. The van der Waals surface area contributed by atoms with Crippen LogP contribution in [0.5, 0.6) is 0 Å². The van der Waals surface area contributed by atoms with Gasteiger partial charge < -0.3 is 5.32 Å². The molecule has 0 saturated heterocycles. The van der Waals surface area contributed by atoms with Crippen molar-refractivity contribution in [2.45, 2.75) is 39.0 Å². The van der Waals surface area contributed by atoms with Gasteiger partial charge in [-0.15, -0.1) is 0 Å². The first kappa shape index (κ1) is 15.1. The number of pyridine rings is 1. The molecule has 102 valence electrons. The van der Waals surface area contributed by atoms with Crippen LogP contribution in [0.4, 0.5) is 0 Å². The van der Waals surface area contributed by atoms with E-state index in [1.165, 1.54) is 0 Å². The Balaban J connectivity index is 2.41. The highest BCUT2D eigenvalue weighted by atomic mass is 32.2. The summed E-state index contributed by atoms with van der Waals surface area (Å²) in [5, 5.41) is 3.12. The second kappa shape index (κ2) is 5.80. The molecule has 18 heavy (non-hydrogen) atoms. The number of aromatic nitrogens is 1. The molecule has 0 aliphatic rings. The summed E-state index contributed by atoms with van der Waals surface area (Å²) in [5.74, 6) is 0.155. The number of aryl methyl sites for hydroxylation is 1. The molecule has 4 nitrogen and oxygen atoms in total. The normalized spacial score (nSPS) is 12.7. The molecule has 0 saturated carbocycles. The molecule has 0 aromatic carbocycles. The molecule has 0 fully saturated rings. The molecule has 1 aromatic rings. The molecular weight excluding hydrogens is 248 g/mol. The second-order valence-corrected chi connectivity index (χ2v) is 8.24. The van der Waals surface area contributed by atoms with Crippen LogP contribution in [-0.4, -0.2) is 30.4 Å². The molecule has 5 heteroatoms.